The van der Waals surface area contributed by atoms with Crippen LogP contribution in [-0.2, 0) is 11.2 Å². The summed E-state index contributed by atoms with van der Waals surface area (Å²) in [4.78, 5) is 13.3. The Morgan fingerprint density at radius 1 is 1.31 bits per heavy atom. The van der Waals surface area contributed by atoms with Crippen molar-refractivity contribution in [1.29, 1.82) is 0 Å². The third kappa shape index (κ3) is 1.18. The van der Waals surface area contributed by atoms with Crippen LogP contribution in [0.4, 0.5) is 5.69 Å². The lowest BCUT2D eigenvalue weighted by Crippen LogP contribution is -2.32. The Morgan fingerprint density at radius 2 is 2.12 bits per heavy atom. The first-order valence-corrected chi connectivity index (χ1v) is 5.23. The molecule has 0 unspecified atom stereocenters. The van der Waals surface area contributed by atoms with Crippen LogP contribution in [0.25, 0.3) is 0 Å². The first-order chi connectivity index (χ1) is 7.81. The highest BCUT2D eigenvalue weighted by atomic mass is 16.6. The molecule has 0 fully saturated rings. The van der Waals surface area contributed by atoms with E-state index in [0.717, 1.165) is 17.0 Å². The van der Waals surface area contributed by atoms with E-state index < -0.39 is 0 Å². The molecular formula is C11H12N2O3. The smallest absolute Gasteiger partial charge is 0.232 e. The van der Waals surface area contributed by atoms with Crippen molar-refractivity contribution >= 4 is 11.6 Å². The van der Waals surface area contributed by atoms with Gasteiger partial charge in [0.25, 0.3) is 0 Å². The van der Waals surface area contributed by atoms with Gasteiger partial charge in [0.2, 0.25) is 5.91 Å². The van der Waals surface area contributed by atoms with Gasteiger partial charge < -0.3 is 15.2 Å². The lowest BCUT2D eigenvalue weighted by Gasteiger charge is -2.21. The monoisotopic (exact) mass is 220 g/mol. The minimum Gasteiger partial charge on any atom is -0.486 e. The summed E-state index contributed by atoms with van der Waals surface area (Å²) in [7, 11) is 0. The maximum absolute atomic E-state index is 11.7. The first-order valence-electron chi connectivity index (χ1n) is 5.23. The quantitative estimate of drug-likeness (QED) is 0.737. The largest absolute Gasteiger partial charge is 0.486 e. The molecule has 2 N–H and O–H groups in total. The highest BCUT2D eigenvalue weighted by Crippen LogP contribution is 2.42. The molecule has 0 saturated heterocycles. The minimum absolute atomic E-state index is 0.0140. The lowest BCUT2D eigenvalue weighted by molar-refractivity contribution is -0.117. The topological polar surface area (TPSA) is 64.8 Å². The fraction of sp³-hybridized carbons (Fsp3) is 0.364. The molecule has 3 rings (SSSR count). The molecule has 0 aliphatic carbocycles. The van der Waals surface area contributed by atoms with Gasteiger partial charge in [0.15, 0.2) is 11.5 Å². The van der Waals surface area contributed by atoms with Gasteiger partial charge >= 0.3 is 0 Å². The van der Waals surface area contributed by atoms with Crippen LogP contribution < -0.4 is 20.1 Å². The molecule has 2 aliphatic heterocycles. The number of benzene rings is 1. The summed E-state index contributed by atoms with van der Waals surface area (Å²) in [5.41, 5.74) is 7.29. The van der Waals surface area contributed by atoms with Crippen LogP contribution in [0.15, 0.2) is 12.1 Å². The second-order valence-corrected chi connectivity index (χ2v) is 3.77. The van der Waals surface area contributed by atoms with Crippen LogP contribution >= 0.6 is 0 Å². The fourth-order valence-electron chi connectivity index (χ4n) is 2.17. The summed E-state index contributed by atoms with van der Waals surface area (Å²) in [5, 5.41) is 0. The van der Waals surface area contributed by atoms with Crippen molar-refractivity contribution in [2.45, 2.75) is 6.42 Å². The van der Waals surface area contributed by atoms with Crippen LogP contribution in [0.3, 0.4) is 0 Å². The predicted octanol–water partition coefficient (Wildman–Crippen LogP) is 0.263. The normalized spacial score (nSPS) is 17.6. The van der Waals surface area contributed by atoms with E-state index in [1.807, 2.05) is 12.1 Å². The third-order valence-electron chi connectivity index (χ3n) is 2.89. The number of ether oxygens (including phenoxy) is 2. The Kier molecular flexibility index (Phi) is 2.00. The fourth-order valence-corrected chi connectivity index (χ4v) is 2.17. The predicted molar refractivity (Wildman–Crippen MR) is 57.7 cm³/mol. The number of hydrogen-bond donors (Lipinski definition) is 1. The molecule has 5 heteroatoms. The van der Waals surface area contributed by atoms with Gasteiger partial charge in [-0.15, -0.1) is 0 Å². The number of nitrogens with two attached hydrogens (primary N) is 1. The van der Waals surface area contributed by atoms with Crippen molar-refractivity contribution in [2.75, 3.05) is 24.8 Å². The SMILES string of the molecule is NCN1C(=O)Cc2c1ccc1c2OCCO1. The zero-order chi connectivity index (χ0) is 11.1. The van der Waals surface area contributed by atoms with E-state index in [9.17, 15) is 4.79 Å². The third-order valence-corrected chi connectivity index (χ3v) is 2.89. The van der Waals surface area contributed by atoms with Gasteiger partial charge in [0, 0.05) is 5.56 Å². The van der Waals surface area contributed by atoms with Crippen molar-refractivity contribution in [3.63, 3.8) is 0 Å². The number of nitrogens with zero attached hydrogens (tertiary/aromatic N) is 1. The lowest BCUT2D eigenvalue weighted by atomic mass is 10.1. The van der Waals surface area contributed by atoms with Crippen molar-refractivity contribution in [3.8, 4) is 11.5 Å². The van der Waals surface area contributed by atoms with Crippen LogP contribution in [-0.4, -0.2) is 25.8 Å². The molecule has 84 valence electrons. The van der Waals surface area contributed by atoms with Crippen molar-refractivity contribution in [1.82, 2.24) is 0 Å². The molecule has 0 bridgehead atoms. The van der Waals surface area contributed by atoms with Gasteiger partial charge in [0.1, 0.15) is 13.2 Å². The number of fused-ring (bicyclic) bond motifs is 3. The van der Waals surface area contributed by atoms with Gasteiger partial charge in [-0.3, -0.25) is 9.69 Å². The second-order valence-electron chi connectivity index (χ2n) is 3.77. The van der Waals surface area contributed by atoms with E-state index in [2.05, 4.69) is 0 Å². The molecule has 0 radical (unpaired) electrons. The Hall–Kier alpha value is -1.75. The summed E-state index contributed by atoms with van der Waals surface area (Å²) < 4.78 is 11.0. The summed E-state index contributed by atoms with van der Waals surface area (Å²) in [6.07, 6.45) is 0.346. The average Bonchev–Trinajstić information content (AvgIpc) is 2.65. The molecule has 2 aliphatic rings. The summed E-state index contributed by atoms with van der Waals surface area (Å²) in [6, 6.07) is 3.69. The zero-order valence-electron chi connectivity index (χ0n) is 8.73. The summed E-state index contributed by atoms with van der Waals surface area (Å²) >= 11 is 0. The van der Waals surface area contributed by atoms with Crippen LogP contribution in [0.2, 0.25) is 0 Å². The van der Waals surface area contributed by atoms with Gasteiger partial charge in [-0.1, -0.05) is 0 Å². The van der Waals surface area contributed by atoms with E-state index in [1.54, 1.807) is 4.90 Å². The number of amides is 1. The van der Waals surface area contributed by atoms with Gasteiger partial charge in [0.05, 0.1) is 18.8 Å². The highest BCUT2D eigenvalue weighted by molar-refractivity contribution is 6.02. The standard InChI is InChI=1S/C11H12N2O3/c12-6-13-8-1-2-9-11(16-4-3-15-9)7(8)5-10(13)14/h1-2H,3-6,12H2. The number of anilines is 1. The van der Waals surface area contributed by atoms with E-state index in [4.69, 9.17) is 15.2 Å². The van der Waals surface area contributed by atoms with Gasteiger partial charge in [-0.05, 0) is 12.1 Å². The molecule has 2 heterocycles. The van der Waals surface area contributed by atoms with Crippen molar-refractivity contribution in [2.24, 2.45) is 5.73 Å². The Labute approximate surface area is 92.7 Å². The molecular weight excluding hydrogens is 208 g/mol. The number of carbonyl (C=O) groups excluding carboxylic acids is 1. The zero-order valence-corrected chi connectivity index (χ0v) is 8.73. The number of rotatable bonds is 1. The van der Waals surface area contributed by atoms with E-state index in [0.29, 0.717) is 25.4 Å². The molecule has 1 aromatic carbocycles. The molecule has 0 atom stereocenters. The van der Waals surface area contributed by atoms with E-state index in [-0.39, 0.29) is 12.6 Å². The van der Waals surface area contributed by atoms with Crippen molar-refractivity contribution < 1.29 is 14.3 Å². The van der Waals surface area contributed by atoms with Crippen LogP contribution in [0.1, 0.15) is 5.56 Å². The summed E-state index contributed by atoms with van der Waals surface area (Å²) in [5.74, 6) is 1.43. The molecule has 1 aromatic rings. The highest BCUT2D eigenvalue weighted by Gasteiger charge is 2.31. The second kappa shape index (κ2) is 3.38. The van der Waals surface area contributed by atoms with Crippen LogP contribution in [0.5, 0.6) is 11.5 Å². The van der Waals surface area contributed by atoms with Crippen molar-refractivity contribution in [3.05, 3.63) is 17.7 Å². The maximum Gasteiger partial charge on any atom is 0.232 e. The summed E-state index contributed by atoms with van der Waals surface area (Å²) in [6.45, 7) is 1.28. The molecule has 0 aromatic heterocycles. The molecule has 1 amide bonds. The number of hydrogen-bond acceptors (Lipinski definition) is 4. The van der Waals surface area contributed by atoms with E-state index in [1.165, 1.54) is 0 Å². The Morgan fingerprint density at radius 3 is 2.94 bits per heavy atom. The van der Waals surface area contributed by atoms with Crippen LogP contribution in [0, 0.1) is 0 Å². The van der Waals surface area contributed by atoms with Gasteiger partial charge in [-0.25, -0.2) is 0 Å². The maximum atomic E-state index is 11.7. The van der Waals surface area contributed by atoms with Gasteiger partial charge in [-0.2, -0.15) is 0 Å². The molecule has 0 saturated carbocycles. The number of carbonyl (C=O) groups is 1. The molecule has 16 heavy (non-hydrogen) atoms. The average molecular weight is 220 g/mol. The minimum atomic E-state index is 0.0140. The van der Waals surface area contributed by atoms with E-state index >= 15 is 0 Å². The molecule has 5 nitrogen and oxygen atoms in total. The molecule has 0 spiro atoms. The first kappa shape index (κ1) is 9.47. The Balaban J connectivity index is 2.13. The Bertz CT molecular complexity index is 459.